The van der Waals surface area contributed by atoms with Crippen molar-refractivity contribution < 1.29 is 18.0 Å². The van der Waals surface area contributed by atoms with E-state index in [1.54, 1.807) is 4.90 Å². The van der Waals surface area contributed by atoms with Crippen LogP contribution in [0.2, 0.25) is 0 Å². The van der Waals surface area contributed by atoms with Crippen LogP contribution in [0.1, 0.15) is 38.2 Å². The molecular weight excluding hydrogens is 357 g/mol. The molecule has 0 saturated carbocycles. The highest BCUT2D eigenvalue weighted by Gasteiger charge is 2.37. The second kappa shape index (κ2) is 8.46. The molecule has 3 heterocycles. The second-order valence-corrected chi connectivity index (χ2v) is 7.33. The Morgan fingerprint density at radius 3 is 2.81 bits per heavy atom. The molecule has 0 spiro atoms. The summed E-state index contributed by atoms with van der Waals surface area (Å²) in [6, 6.07) is 2.71. The van der Waals surface area contributed by atoms with Gasteiger partial charge in [0.25, 0.3) is 0 Å². The maximum absolute atomic E-state index is 13.3. The first-order valence-electron chi connectivity index (χ1n) is 9.69. The summed E-state index contributed by atoms with van der Waals surface area (Å²) in [5.74, 6) is -0.444. The molecule has 3 rings (SSSR count). The maximum atomic E-state index is 13.3. The Labute approximate surface area is 157 Å². The molecule has 0 aromatic carbocycles. The van der Waals surface area contributed by atoms with Crippen molar-refractivity contribution >= 4 is 11.7 Å². The quantitative estimate of drug-likeness (QED) is 0.848. The number of alkyl halides is 3. The van der Waals surface area contributed by atoms with E-state index in [1.165, 1.54) is 12.3 Å². The van der Waals surface area contributed by atoms with E-state index in [1.807, 2.05) is 0 Å². The molecule has 2 aliphatic heterocycles. The zero-order valence-corrected chi connectivity index (χ0v) is 15.6. The molecule has 1 aromatic rings. The first-order chi connectivity index (χ1) is 12.9. The summed E-state index contributed by atoms with van der Waals surface area (Å²) in [6.07, 6.45) is 0.507. The maximum Gasteiger partial charge on any atom is 0.419 e. The number of carbonyl (C=O) groups is 1. The van der Waals surface area contributed by atoms with Crippen molar-refractivity contribution in [2.24, 2.45) is 5.92 Å². The minimum atomic E-state index is -4.45. The van der Waals surface area contributed by atoms with E-state index in [4.69, 9.17) is 0 Å². The number of hydrogen-bond acceptors (Lipinski definition) is 4. The SMILES string of the molecule is CCN1CCC[C@H]1CNC(=O)[C@@H]1CCCN(c2ncccc2C(F)(F)F)C1. The number of hydrogen-bond donors (Lipinski definition) is 1. The van der Waals surface area contributed by atoms with Gasteiger partial charge in [-0.05, 0) is 50.9 Å². The molecule has 5 nitrogen and oxygen atoms in total. The van der Waals surface area contributed by atoms with Crippen molar-refractivity contribution in [2.45, 2.75) is 44.8 Å². The van der Waals surface area contributed by atoms with Gasteiger partial charge in [0.1, 0.15) is 5.82 Å². The molecule has 2 atom stereocenters. The Morgan fingerprint density at radius 1 is 1.30 bits per heavy atom. The number of aromatic nitrogens is 1. The van der Waals surface area contributed by atoms with Gasteiger partial charge < -0.3 is 10.2 Å². The molecule has 1 amide bonds. The molecule has 2 aliphatic rings. The fraction of sp³-hybridized carbons (Fsp3) is 0.684. The summed E-state index contributed by atoms with van der Waals surface area (Å²) in [4.78, 5) is 20.5. The normalized spacial score (nSPS) is 24.2. The lowest BCUT2D eigenvalue weighted by atomic mass is 9.96. The van der Waals surface area contributed by atoms with Crippen LogP contribution in [0.15, 0.2) is 18.3 Å². The van der Waals surface area contributed by atoms with Crippen LogP contribution in [0, 0.1) is 5.92 Å². The lowest BCUT2D eigenvalue weighted by Gasteiger charge is -2.34. The summed E-state index contributed by atoms with van der Waals surface area (Å²) in [7, 11) is 0. The van der Waals surface area contributed by atoms with Crippen molar-refractivity contribution in [1.82, 2.24) is 15.2 Å². The van der Waals surface area contributed by atoms with E-state index in [2.05, 4.69) is 22.1 Å². The van der Waals surface area contributed by atoms with Crippen LogP contribution in [0.4, 0.5) is 19.0 Å². The first kappa shape index (κ1) is 19.9. The lowest BCUT2D eigenvalue weighted by molar-refractivity contribution is -0.137. The van der Waals surface area contributed by atoms with Crippen LogP contribution in [0.5, 0.6) is 0 Å². The predicted molar refractivity (Wildman–Crippen MR) is 97.5 cm³/mol. The number of nitrogens with one attached hydrogen (secondary N) is 1. The van der Waals surface area contributed by atoms with Crippen LogP contribution < -0.4 is 10.2 Å². The Morgan fingerprint density at radius 2 is 2.07 bits per heavy atom. The molecule has 8 heteroatoms. The molecule has 0 bridgehead atoms. The second-order valence-electron chi connectivity index (χ2n) is 7.33. The summed E-state index contributed by atoms with van der Waals surface area (Å²) < 4.78 is 39.8. The zero-order valence-electron chi connectivity index (χ0n) is 15.6. The van der Waals surface area contributed by atoms with Crippen LogP contribution in [-0.4, -0.2) is 54.6 Å². The fourth-order valence-electron chi connectivity index (χ4n) is 4.16. The van der Waals surface area contributed by atoms with Crippen molar-refractivity contribution in [3.05, 3.63) is 23.9 Å². The van der Waals surface area contributed by atoms with Crippen LogP contribution in [0.3, 0.4) is 0 Å². The third kappa shape index (κ3) is 4.72. The number of carbonyl (C=O) groups excluding carboxylic acids is 1. The van der Waals surface area contributed by atoms with Crippen molar-refractivity contribution in [3.63, 3.8) is 0 Å². The summed E-state index contributed by atoms with van der Waals surface area (Å²) in [5, 5.41) is 3.03. The van der Waals surface area contributed by atoms with Crippen molar-refractivity contribution in [2.75, 3.05) is 37.6 Å². The van der Waals surface area contributed by atoms with Gasteiger partial charge in [0.15, 0.2) is 0 Å². The molecule has 2 fully saturated rings. The number of pyridine rings is 1. The third-order valence-corrected chi connectivity index (χ3v) is 5.60. The number of anilines is 1. The smallest absolute Gasteiger partial charge is 0.355 e. The largest absolute Gasteiger partial charge is 0.419 e. The zero-order chi connectivity index (χ0) is 19.4. The van der Waals surface area contributed by atoms with Crippen molar-refractivity contribution in [1.29, 1.82) is 0 Å². The topological polar surface area (TPSA) is 48.5 Å². The molecule has 0 radical (unpaired) electrons. The van der Waals surface area contributed by atoms with E-state index < -0.39 is 11.7 Å². The Bertz CT molecular complexity index is 652. The van der Waals surface area contributed by atoms with E-state index in [-0.39, 0.29) is 24.2 Å². The van der Waals surface area contributed by atoms with Crippen LogP contribution in [0.25, 0.3) is 0 Å². The Kier molecular flexibility index (Phi) is 6.24. The summed E-state index contributed by atoms with van der Waals surface area (Å²) >= 11 is 0. The average molecular weight is 384 g/mol. The average Bonchev–Trinajstić information content (AvgIpc) is 3.13. The standard InChI is InChI=1S/C19H27F3N4O/c1-2-25-10-5-7-15(25)12-24-18(27)14-6-4-11-26(13-14)17-16(19(20,21)22)8-3-9-23-17/h3,8-9,14-15H,2,4-7,10-13H2,1H3,(H,24,27)/t14-,15+/m1/s1. The summed E-state index contributed by atoms with van der Waals surface area (Å²) in [6.45, 7) is 5.51. The minimum Gasteiger partial charge on any atom is -0.355 e. The van der Waals surface area contributed by atoms with Crippen LogP contribution >= 0.6 is 0 Å². The van der Waals surface area contributed by atoms with Gasteiger partial charge in [-0.3, -0.25) is 9.69 Å². The molecule has 0 unspecified atom stereocenters. The minimum absolute atomic E-state index is 0.0628. The summed E-state index contributed by atoms with van der Waals surface area (Å²) in [5.41, 5.74) is -0.740. The number of nitrogens with zero attached hydrogens (tertiary/aromatic N) is 3. The fourth-order valence-corrected chi connectivity index (χ4v) is 4.16. The molecule has 1 N–H and O–H groups in total. The number of halogens is 3. The Balaban J connectivity index is 1.62. The van der Waals surface area contributed by atoms with Gasteiger partial charge >= 0.3 is 6.18 Å². The highest BCUT2D eigenvalue weighted by atomic mass is 19.4. The molecule has 150 valence electrons. The highest BCUT2D eigenvalue weighted by molar-refractivity contribution is 5.79. The predicted octanol–water partition coefficient (Wildman–Crippen LogP) is 2.92. The monoisotopic (exact) mass is 384 g/mol. The van der Waals surface area contributed by atoms with Gasteiger partial charge in [-0.1, -0.05) is 6.92 Å². The third-order valence-electron chi connectivity index (χ3n) is 5.60. The first-order valence-corrected chi connectivity index (χ1v) is 9.69. The van der Waals surface area contributed by atoms with Gasteiger partial charge in [-0.25, -0.2) is 4.98 Å². The van der Waals surface area contributed by atoms with E-state index in [9.17, 15) is 18.0 Å². The number of rotatable bonds is 5. The van der Waals surface area contributed by atoms with Gasteiger partial charge in [0.2, 0.25) is 5.91 Å². The molecule has 1 aromatic heterocycles. The van der Waals surface area contributed by atoms with Crippen LogP contribution in [-0.2, 0) is 11.0 Å². The highest BCUT2D eigenvalue weighted by Crippen LogP contribution is 2.36. The van der Waals surface area contributed by atoms with Gasteiger partial charge in [0, 0.05) is 31.9 Å². The molecule has 27 heavy (non-hydrogen) atoms. The number of amides is 1. The number of piperidine rings is 1. The molecule has 0 aliphatic carbocycles. The van der Waals surface area contributed by atoms with E-state index in [0.29, 0.717) is 32.0 Å². The lowest BCUT2D eigenvalue weighted by Crippen LogP contribution is -2.47. The van der Waals surface area contributed by atoms with Gasteiger partial charge in [-0.2, -0.15) is 13.2 Å². The van der Waals surface area contributed by atoms with Gasteiger partial charge in [0.05, 0.1) is 11.5 Å². The van der Waals surface area contributed by atoms with E-state index in [0.717, 1.165) is 32.0 Å². The number of likely N-dealkylation sites (N-methyl/N-ethyl adjacent to an activating group) is 1. The molecule has 2 saturated heterocycles. The van der Waals surface area contributed by atoms with E-state index >= 15 is 0 Å². The Hall–Kier alpha value is -1.83. The molecular formula is C19H27F3N4O. The number of likely N-dealkylation sites (tertiary alicyclic amines) is 1. The van der Waals surface area contributed by atoms with Gasteiger partial charge in [-0.15, -0.1) is 0 Å². The van der Waals surface area contributed by atoms with Crippen molar-refractivity contribution in [3.8, 4) is 0 Å².